The van der Waals surface area contributed by atoms with Crippen LogP contribution in [0.2, 0.25) is 0 Å². The van der Waals surface area contributed by atoms with Crippen LogP contribution in [0.4, 0.5) is 5.95 Å². The number of aromatic amines is 1. The lowest BCUT2D eigenvalue weighted by molar-refractivity contribution is 0.196. The number of hydrogen-bond donors (Lipinski definition) is 1. The van der Waals surface area contributed by atoms with Crippen molar-refractivity contribution in [2.75, 3.05) is 38.2 Å². The van der Waals surface area contributed by atoms with Gasteiger partial charge in [-0.2, -0.15) is 5.10 Å². The molecule has 2 fully saturated rings. The van der Waals surface area contributed by atoms with Gasteiger partial charge in [-0.1, -0.05) is 12.1 Å². The highest BCUT2D eigenvalue weighted by atomic mass is 16.5. The van der Waals surface area contributed by atoms with Crippen molar-refractivity contribution < 1.29 is 4.74 Å². The zero-order valence-electron chi connectivity index (χ0n) is 19.0. The summed E-state index contributed by atoms with van der Waals surface area (Å²) in [5, 5.41) is 7.71. The first-order chi connectivity index (χ1) is 15.7. The molecule has 0 saturated carbocycles. The third-order valence-corrected chi connectivity index (χ3v) is 6.73. The first-order valence-electron chi connectivity index (χ1n) is 11.7. The molecule has 2 aliphatic heterocycles. The van der Waals surface area contributed by atoms with Gasteiger partial charge in [0.2, 0.25) is 5.95 Å². The zero-order valence-corrected chi connectivity index (χ0v) is 19.0. The van der Waals surface area contributed by atoms with Gasteiger partial charge in [-0.3, -0.25) is 10.00 Å². The van der Waals surface area contributed by atoms with Gasteiger partial charge in [-0.15, -0.1) is 0 Å². The molecule has 1 aromatic carbocycles. The Bertz CT molecular complexity index is 1060. The molecular weight excluding hydrogens is 400 g/mol. The molecule has 1 unspecified atom stereocenters. The molecule has 3 aromatic rings. The van der Waals surface area contributed by atoms with Crippen LogP contribution in [0, 0.1) is 6.92 Å². The Hall–Kier alpha value is -2.93. The van der Waals surface area contributed by atoms with Gasteiger partial charge in [0.1, 0.15) is 5.75 Å². The van der Waals surface area contributed by atoms with E-state index in [2.05, 4.69) is 50.1 Å². The molecular formula is C25H32N6O. The van der Waals surface area contributed by atoms with Crippen LogP contribution in [-0.4, -0.2) is 58.4 Å². The fraction of sp³-hybridized carbons (Fsp3) is 0.480. The number of anilines is 1. The van der Waals surface area contributed by atoms with Crippen molar-refractivity contribution >= 4 is 5.95 Å². The fourth-order valence-corrected chi connectivity index (χ4v) is 5.04. The number of aromatic nitrogens is 4. The Morgan fingerprint density at radius 3 is 2.84 bits per heavy atom. The summed E-state index contributed by atoms with van der Waals surface area (Å²) in [4.78, 5) is 14.2. The number of hydrogen-bond acceptors (Lipinski definition) is 6. The average Bonchev–Trinajstić information content (AvgIpc) is 3.53. The minimum Gasteiger partial charge on any atom is -0.496 e. The van der Waals surface area contributed by atoms with Crippen LogP contribution in [0.15, 0.2) is 36.7 Å². The summed E-state index contributed by atoms with van der Waals surface area (Å²) in [6.45, 7) is 7.19. The Balaban J connectivity index is 1.34. The number of rotatable bonds is 6. The lowest BCUT2D eigenvalue weighted by atomic mass is 9.91. The standard InChI is InChI=1S/C25H32N6O/c1-18-7-8-19(23(14-18)32-2)16-30-11-5-6-20(17-30)24-21(15-27-29-24)22-9-10-26-25(28-22)31-12-3-4-13-31/h7-10,14-15,20H,3-6,11-13,16-17H2,1-2H3,(H,27,29). The van der Waals surface area contributed by atoms with Crippen molar-refractivity contribution in [2.45, 2.75) is 45.1 Å². The second-order valence-corrected chi connectivity index (χ2v) is 9.02. The average molecular weight is 433 g/mol. The normalized spacial score (nSPS) is 19.4. The number of piperidine rings is 1. The summed E-state index contributed by atoms with van der Waals surface area (Å²) in [5.74, 6) is 2.22. The van der Waals surface area contributed by atoms with Crippen molar-refractivity contribution in [3.63, 3.8) is 0 Å². The van der Waals surface area contributed by atoms with Gasteiger partial charge in [-0.25, -0.2) is 9.97 Å². The third kappa shape index (κ3) is 4.35. The smallest absolute Gasteiger partial charge is 0.225 e. The summed E-state index contributed by atoms with van der Waals surface area (Å²) < 4.78 is 5.64. The molecule has 1 atom stereocenters. The molecule has 0 amide bonds. The zero-order chi connectivity index (χ0) is 21.9. The van der Waals surface area contributed by atoms with Crippen molar-refractivity contribution in [1.82, 2.24) is 25.1 Å². The summed E-state index contributed by atoms with van der Waals surface area (Å²) >= 11 is 0. The second kappa shape index (κ2) is 9.28. The van der Waals surface area contributed by atoms with Crippen LogP contribution in [0.25, 0.3) is 11.3 Å². The van der Waals surface area contributed by atoms with Crippen molar-refractivity contribution in [2.24, 2.45) is 0 Å². The quantitative estimate of drug-likeness (QED) is 0.631. The molecule has 5 rings (SSSR count). The first-order valence-corrected chi connectivity index (χ1v) is 11.7. The van der Waals surface area contributed by atoms with E-state index >= 15 is 0 Å². The summed E-state index contributed by atoms with van der Waals surface area (Å²) in [6, 6.07) is 8.49. The Morgan fingerprint density at radius 1 is 1.12 bits per heavy atom. The van der Waals surface area contributed by atoms with E-state index in [4.69, 9.17) is 9.72 Å². The number of nitrogens with one attached hydrogen (secondary N) is 1. The molecule has 2 aliphatic rings. The highest BCUT2D eigenvalue weighted by Gasteiger charge is 2.26. The van der Waals surface area contributed by atoms with Crippen molar-refractivity contribution in [1.29, 1.82) is 0 Å². The van der Waals surface area contributed by atoms with Gasteiger partial charge >= 0.3 is 0 Å². The Labute approximate surface area is 189 Å². The van der Waals surface area contributed by atoms with Gasteiger partial charge in [0.15, 0.2) is 0 Å². The number of nitrogens with zero attached hydrogens (tertiary/aromatic N) is 5. The molecule has 7 heteroatoms. The van der Waals surface area contributed by atoms with Crippen LogP contribution in [0.5, 0.6) is 5.75 Å². The lowest BCUT2D eigenvalue weighted by Gasteiger charge is -2.33. The molecule has 0 radical (unpaired) electrons. The Kier molecular flexibility index (Phi) is 6.08. The predicted octanol–water partition coefficient (Wildman–Crippen LogP) is 4.16. The minimum atomic E-state index is 0.405. The number of H-pyrrole nitrogens is 1. The topological polar surface area (TPSA) is 70.2 Å². The molecule has 168 valence electrons. The monoisotopic (exact) mass is 432 g/mol. The number of methoxy groups -OCH3 is 1. The summed E-state index contributed by atoms with van der Waals surface area (Å²) in [5.41, 5.74) is 5.73. The fourth-order valence-electron chi connectivity index (χ4n) is 5.04. The molecule has 0 bridgehead atoms. The Morgan fingerprint density at radius 2 is 2.00 bits per heavy atom. The summed E-state index contributed by atoms with van der Waals surface area (Å²) in [7, 11) is 1.76. The maximum Gasteiger partial charge on any atom is 0.225 e. The lowest BCUT2D eigenvalue weighted by Crippen LogP contribution is -2.34. The van der Waals surface area contributed by atoms with Crippen LogP contribution in [0.3, 0.4) is 0 Å². The van der Waals surface area contributed by atoms with Crippen LogP contribution >= 0.6 is 0 Å². The van der Waals surface area contributed by atoms with Crippen molar-refractivity contribution in [3.8, 4) is 17.0 Å². The van der Waals surface area contributed by atoms with E-state index in [0.29, 0.717) is 5.92 Å². The van der Waals surface area contributed by atoms with Gasteiger partial charge in [0, 0.05) is 55.1 Å². The maximum absolute atomic E-state index is 5.64. The van der Waals surface area contributed by atoms with E-state index in [9.17, 15) is 0 Å². The molecule has 0 spiro atoms. The highest BCUT2D eigenvalue weighted by molar-refractivity contribution is 5.63. The number of aryl methyl sites for hydroxylation is 1. The van der Waals surface area contributed by atoms with Gasteiger partial charge in [0.25, 0.3) is 0 Å². The van der Waals surface area contributed by atoms with E-state index in [1.807, 2.05) is 18.5 Å². The largest absolute Gasteiger partial charge is 0.496 e. The number of benzene rings is 1. The molecule has 32 heavy (non-hydrogen) atoms. The third-order valence-electron chi connectivity index (χ3n) is 6.73. The van der Waals surface area contributed by atoms with Gasteiger partial charge in [-0.05, 0) is 56.8 Å². The molecule has 2 aromatic heterocycles. The van der Waals surface area contributed by atoms with Gasteiger partial charge < -0.3 is 9.64 Å². The second-order valence-electron chi connectivity index (χ2n) is 9.02. The van der Waals surface area contributed by atoms with Crippen molar-refractivity contribution in [3.05, 3.63) is 53.5 Å². The maximum atomic E-state index is 5.64. The highest BCUT2D eigenvalue weighted by Crippen LogP contribution is 2.34. The molecule has 2 saturated heterocycles. The van der Waals surface area contributed by atoms with Crippen LogP contribution < -0.4 is 9.64 Å². The molecule has 4 heterocycles. The summed E-state index contributed by atoms with van der Waals surface area (Å²) in [6.07, 6.45) is 8.56. The SMILES string of the molecule is COc1cc(C)ccc1CN1CCCC(c2[nH]ncc2-c2ccnc(N3CCCC3)n2)C1. The van der Waals surface area contributed by atoms with E-state index in [1.165, 1.54) is 36.1 Å². The van der Waals surface area contributed by atoms with E-state index in [-0.39, 0.29) is 0 Å². The van der Waals surface area contributed by atoms with E-state index in [0.717, 1.165) is 62.1 Å². The molecule has 0 aliphatic carbocycles. The van der Waals surface area contributed by atoms with Crippen LogP contribution in [-0.2, 0) is 6.54 Å². The van der Waals surface area contributed by atoms with E-state index < -0.39 is 0 Å². The molecule has 7 nitrogen and oxygen atoms in total. The van der Waals surface area contributed by atoms with Gasteiger partial charge in [0.05, 0.1) is 19.0 Å². The van der Waals surface area contributed by atoms with E-state index in [1.54, 1.807) is 7.11 Å². The number of ether oxygens (including phenoxy) is 1. The molecule has 1 N–H and O–H groups in total. The minimum absolute atomic E-state index is 0.405. The predicted molar refractivity (Wildman–Crippen MR) is 126 cm³/mol. The first kappa shape index (κ1) is 20.9. The number of likely N-dealkylation sites (tertiary alicyclic amines) is 1. The van der Waals surface area contributed by atoms with Crippen LogP contribution in [0.1, 0.15) is 48.4 Å².